The molecule has 1 saturated heterocycles. The first-order valence-electron chi connectivity index (χ1n) is 8.23. The summed E-state index contributed by atoms with van der Waals surface area (Å²) < 4.78 is 56.6. The molecule has 1 aromatic carbocycles. The van der Waals surface area contributed by atoms with E-state index >= 15 is 0 Å². The van der Waals surface area contributed by atoms with E-state index in [1.165, 1.54) is 13.2 Å². The molecule has 0 unspecified atom stereocenters. The lowest BCUT2D eigenvalue weighted by molar-refractivity contribution is -0.136. The van der Waals surface area contributed by atoms with E-state index in [1.54, 1.807) is 27.7 Å². The van der Waals surface area contributed by atoms with Crippen molar-refractivity contribution in [1.29, 1.82) is 0 Å². The molecule has 2 rings (SSSR count). The average Bonchev–Trinajstić information content (AvgIpc) is 2.74. The maximum absolute atomic E-state index is 13.4. The molecule has 0 spiro atoms. The van der Waals surface area contributed by atoms with E-state index in [2.05, 4.69) is 5.32 Å². The van der Waals surface area contributed by atoms with Crippen molar-refractivity contribution in [1.82, 2.24) is 5.32 Å². The fraction of sp³-hybridized carbons (Fsp3) is 0.588. The number of nitrogens with one attached hydrogen (secondary N) is 1. The van der Waals surface area contributed by atoms with Gasteiger partial charge in [0, 0.05) is 19.2 Å². The van der Waals surface area contributed by atoms with Crippen LogP contribution in [0.15, 0.2) is 18.2 Å². The van der Waals surface area contributed by atoms with Gasteiger partial charge in [-0.15, -0.1) is 0 Å². The number of carbonyl (C=O) groups is 1. The Morgan fingerprint density at radius 3 is 2.27 bits per heavy atom. The van der Waals surface area contributed by atoms with Crippen LogP contribution in [0.4, 0.5) is 13.2 Å². The Hall–Kier alpha value is -1.58. The zero-order valence-corrected chi connectivity index (χ0v) is 15.5. The molecule has 1 heterocycles. The summed E-state index contributed by atoms with van der Waals surface area (Å²) in [6.45, 7) is 7.56. The number of halogens is 3. The van der Waals surface area contributed by atoms with Crippen molar-refractivity contribution in [2.24, 2.45) is 0 Å². The van der Waals surface area contributed by atoms with Crippen LogP contribution < -0.4 is 10.8 Å². The fourth-order valence-electron chi connectivity index (χ4n) is 2.50. The molecule has 1 aromatic rings. The average molecular weight is 373 g/mol. The minimum atomic E-state index is -4.59. The molecular weight excluding hydrogens is 350 g/mol. The van der Waals surface area contributed by atoms with E-state index in [0.29, 0.717) is 6.61 Å². The topological polar surface area (TPSA) is 56.8 Å². The van der Waals surface area contributed by atoms with Gasteiger partial charge in [0.1, 0.15) is 0 Å². The molecule has 1 fully saturated rings. The minimum Gasteiger partial charge on any atom is -0.399 e. The van der Waals surface area contributed by atoms with Crippen molar-refractivity contribution in [2.75, 3.05) is 20.3 Å². The molecule has 0 bridgehead atoms. The molecule has 9 heteroatoms. The van der Waals surface area contributed by atoms with Crippen LogP contribution in [0, 0.1) is 0 Å². The predicted molar refractivity (Wildman–Crippen MR) is 91.4 cm³/mol. The number of carbonyl (C=O) groups excluding carboxylic acids is 1. The van der Waals surface area contributed by atoms with Gasteiger partial charge in [-0.2, -0.15) is 13.2 Å². The number of amides is 1. The van der Waals surface area contributed by atoms with Crippen LogP contribution in [0.3, 0.4) is 0 Å². The Morgan fingerprint density at radius 2 is 1.77 bits per heavy atom. The first kappa shape index (κ1) is 20.7. The Balaban J connectivity index is 2.39. The van der Waals surface area contributed by atoms with Crippen molar-refractivity contribution >= 4 is 18.5 Å². The summed E-state index contributed by atoms with van der Waals surface area (Å²) >= 11 is 0. The quantitative estimate of drug-likeness (QED) is 0.636. The summed E-state index contributed by atoms with van der Waals surface area (Å²) in [7, 11) is 0.268. The van der Waals surface area contributed by atoms with Crippen molar-refractivity contribution in [3.8, 4) is 0 Å². The number of alkyl halides is 3. The van der Waals surface area contributed by atoms with Crippen molar-refractivity contribution in [3.05, 3.63) is 29.3 Å². The number of hydrogen-bond acceptors (Lipinski definition) is 4. The van der Waals surface area contributed by atoms with Gasteiger partial charge < -0.3 is 19.4 Å². The molecule has 1 N–H and O–H groups in total. The van der Waals surface area contributed by atoms with Gasteiger partial charge in [0.05, 0.1) is 23.4 Å². The summed E-state index contributed by atoms with van der Waals surface area (Å²) in [6.07, 6.45) is -4.59. The zero-order chi connectivity index (χ0) is 19.8. The molecule has 26 heavy (non-hydrogen) atoms. The van der Waals surface area contributed by atoms with E-state index in [4.69, 9.17) is 14.0 Å². The molecule has 0 radical (unpaired) electrons. The molecule has 0 atom stereocenters. The Labute approximate surface area is 151 Å². The highest BCUT2D eigenvalue weighted by atomic mass is 19.4. The SMILES string of the molecule is COCCNC(=O)c1ccc(C(F)(F)F)c(B2OC(C)(C)C(C)(C)O2)c1. The van der Waals surface area contributed by atoms with E-state index in [1.807, 2.05) is 0 Å². The van der Waals surface area contributed by atoms with Gasteiger partial charge in [0.15, 0.2) is 0 Å². The predicted octanol–water partition coefficient (Wildman–Crippen LogP) is 2.38. The number of rotatable bonds is 5. The van der Waals surface area contributed by atoms with Gasteiger partial charge >= 0.3 is 13.3 Å². The lowest BCUT2D eigenvalue weighted by atomic mass is 9.75. The summed E-state index contributed by atoms with van der Waals surface area (Å²) in [4.78, 5) is 12.2. The van der Waals surface area contributed by atoms with Gasteiger partial charge in [-0.05, 0) is 51.4 Å². The summed E-state index contributed by atoms with van der Waals surface area (Å²) in [6, 6.07) is 3.19. The maximum Gasteiger partial charge on any atom is 0.495 e. The van der Waals surface area contributed by atoms with Gasteiger partial charge in [-0.1, -0.05) is 0 Å². The number of ether oxygens (including phenoxy) is 1. The lowest BCUT2D eigenvalue weighted by Crippen LogP contribution is -2.41. The highest BCUT2D eigenvalue weighted by Gasteiger charge is 2.53. The Morgan fingerprint density at radius 1 is 1.19 bits per heavy atom. The van der Waals surface area contributed by atoms with E-state index in [9.17, 15) is 18.0 Å². The summed E-state index contributed by atoms with van der Waals surface area (Å²) in [5, 5.41) is 2.58. The monoisotopic (exact) mass is 373 g/mol. The molecule has 5 nitrogen and oxygen atoms in total. The second-order valence-corrected chi connectivity index (χ2v) is 7.14. The number of methoxy groups -OCH3 is 1. The van der Waals surface area contributed by atoms with Crippen molar-refractivity contribution < 1.29 is 32.0 Å². The Bertz CT molecular complexity index is 660. The second kappa shape index (κ2) is 7.21. The van der Waals surface area contributed by atoms with E-state index in [0.717, 1.165) is 12.1 Å². The standard InChI is InChI=1S/C17H23BF3NO4/c1-15(2)16(3,4)26-18(25-15)13-10-11(14(23)22-8-9-24-5)6-7-12(13)17(19,20)21/h6-7,10H,8-9H2,1-5H3,(H,22,23). The highest BCUT2D eigenvalue weighted by molar-refractivity contribution is 6.62. The van der Waals surface area contributed by atoms with Crippen LogP contribution in [0.5, 0.6) is 0 Å². The van der Waals surface area contributed by atoms with E-state index < -0.39 is 36.0 Å². The third-order valence-electron chi connectivity index (χ3n) is 4.72. The van der Waals surface area contributed by atoms with Gasteiger partial charge in [0.2, 0.25) is 0 Å². The molecule has 144 valence electrons. The van der Waals surface area contributed by atoms with Crippen LogP contribution in [0.25, 0.3) is 0 Å². The molecule has 0 aliphatic carbocycles. The summed E-state index contributed by atoms with van der Waals surface area (Å²) in [5.41, 5.74) is -2.59. The van der Waals surface area contributed by atoms with Gasteiger partial charge in [-0.3, -0.25) is 4.79 Å². The highest BCUT2D eigenvalue weighted by Crippen LogP contribution is 2.38. The van der Waals surface area contributed by atoms with Crippen LogP contribution in [0.1, 0.15) is 43.6 Å². The lowest BCUT2D eigenvalue weighted by Gasteiger charge is -2.32. The maximum atomic E-state index is 13.4. The van der Waals surface area contributed by atoms with Crippen LogP contribution >= 0.6 is 0 Å². The van der Waals surface area contributed by atoms with Crippen LogP contribution in [-0.2, 0) is 20.2 Å². The molecule has 0 aromatic heterocycles. The first-order valence-corrected chi connectivity index (χ1v) is 8.23. The second-order valence-electron chi connectivity index (χ2n) is 7.14. The minimum absolute atomic E-state index is 0.0961. The van der Waals surface area contributed by atoms with Crippen LogP contribution in [0.2, 0.25) is 0 Å². The molecule has 1 amide bonds. The molecule has 1 aliphatic heterocycles. The number of hydrogen-bond donors (Lipinski definition) is 1. The third-order valence-corrected chi connectivity index (χ3v) is 4.72. The van der Waals surface area contributed by atoms with Crippen LogP contribution in [-0.4, -0.2) is 44.5 Å². The van der Waals surface area contributed by atoms with Crippen molar-refractivity contribution in [2.45, 2.75) is 45.1 Å². The summed E-state index contributed by atoms with van der Waals surface area (Å²) in [5.74, 6) is -0.492. The first-order chi connectivity index (χ1) is 11.9. The fourth-order valence-corrected chi connectivity index (χ4v) is 2.50. The molecule has 0 saturated carbocycles. The largest absolute Gasteiger partial charge is 0.495 e. The van der Waals surface area contributed by atoms with Gasteiger partial charge in [0.25, 0.3) is 5.91 Å². The smallest absolute Gasteiger partial charge is 0.399 e. The number of benzene rings is 1. The molecular formula is C17H23BF3NO4. The molecule has 1 aliphatic rings. The third kappa shape index (κ3) is 4.21. The van der Waals surface area contributed by atoms with E-state index in [-0.39, 0.29) is 17.6 Å². The normalized spacial score (nSPS) is 18.8. The van der Waals surface area contributed by atoms with Crippen molar-refractivity contribution in [3.63, 3.8) is 0 Å². The van der Waals surface area contributed by atoms with Gasteiger partial charge in [-0.25, -0.2) is 0 Å². The Kier molecular flexibility index (Phi) is 5.75. The zero-order valence-electron chi connectivity index (χ0n) is 15.5.